The molecule has 0 saturated carbocycles. The van der Waals surface area contributed by atoms with Crippen LogP contribution in [0.25, 0.3) is 0 Å². The van der Waals surface area contributed by atoms with Crippen LogP contribution in [0.15, 0.2) is 24.3 Å². The molecule has 0 aromatic heterocycles. The molecule has 1 aromatic rings. The van der Waals surface area contributed by atoms with Gasteiger partial charge in [0, 0.05) is 19.3 Å². The molecule has 0 amide bonds. The molecule has 0 unspecified atom stereocenters. The van der Waals surface area contributed by atoms with Crippen molar-refractivity contribution in [2.45, 2.75) is 6.42 Å². The van der Waals surface area contributed by atoms with Gasteiger partial charge in [-0.15, -0.1) is 0 Å². The summed E-state index contributed by atoms with van der Waals surface area (Å²) in [6.07, 6.45) is 0.164. The summed E-state index contributed by atoms with van der Waals surface area (Å²) in [7, 11) is 1.76. The molecule has 0 radical (unpaired) electrons. The summed E-state index contributed by atoms with van der Waals surface area (Å²) >= 11 is 0. The fourth-order valence-electron chi connectivity index (χ4n) is 1.22. The normalized spacial score (nSPS) is 9.94. The lowest BCUT2D eigenvalue weighted by Crippen LogP contribution is -2.29. The van der Waals surface area contributed by atoms with E-state index in [-0.39, 0.29) is 12.2 Å². The standard InChI is InChI=1S/C10H14FN3O2/c1-14(6-5-10(15)16-13-12)9-4-2-3-8(11)7-9/h2-4,7,13H,5-6,12H2,1H3. The van der Waals surface area contributed by atoms with Gasteiger partial charge in [0.2, 0.25) is 0 Å². The number of nitrogens with one attached hydrogen (secondary N) is 1. The summed E-state index contributed by atoms with van der Waals surface area (Å²) in [6.45, 7) is 0.421. The van der Waals surface area contributed by atoms with Gasteiger partial charge in [0.1, 0.15) is 5.82 Å². The molecule has 1 aromatic carbocycles. The van der Waals surface area contributed by atoms with Crippen LogP contribution in [0.3, 0.4) is 0 Å². The highest BCUT2D eigenvalue weighted by atomic mass is 19.1. The Balaban J connectivity index is 2.46. The zero-order valence-electron chi connectivity index (χ0n) is 8.94. The summed E-state index contributed by atoms with van der Waals surface area (Å²) < 4.78 is 12.9. The van der Waals surface area contributed by atoms with Crippen molar-refractivity contribution >= 4 is 11.7 Å². The molecule has 0 heterocycles. The van der Waals surface area contributed by atoms with Gasteiger partial charge in [-0.3, -0.25) is 4.79 Å². The van der Waals surface area contributed by atoms with E-state index in [4.69, 9.17) is 5.84 Å². The topological polar surface area (TPSA) is 67.6 Å². The second-order valence-electron chi connectivity index (χ2n) is 3.24. The Morgan fingerprint density at radius 1 is 1.62 bits per heavy atom. The monoisotopic (exact) mass is 227 g/mol. The van der Waals surface area contributed by atoms with Crippen LogP contribution in [-0.2, 0) is 9.63 Å². The minimum absolute atomic E-state index is 0.164. The fourth-order valence-corrected chi connectivity index (χ4v) is 1.22. The first kappa shape index (κ1) is 12.4. The summed E-state index contributed by atoms with van der Waals surface area (Å²) in [5, 5.41) is 0. The molecule has 0 aliphatic carbocycles. The molecule has 0 aliphatic heterocycles. The van der Waals surface area contributed by atoms with Gasteiger partial charge in [-0.1, -0.05) is 11.7 Å². The summed E-state index contributed by atoms with van der Waals surface area (Å²) in [5.41, 5.74) is 2.51. The van der Waals surface area contributed by atoms with Gasteiger partial charge in [0.25, 0.3) is 0 Å². The van der Waals surface area contributed by atoms with Crippen molar-refractivity contribution in [3.8, 4) is 0 Å². The van der Waals surface area contributed by atoms with Crippen LogP contribution in [0.4, 0.5) is 10.1 Å². The smallest absolute Gasteiger partial charge is 0.328 e. The summed E-state index contributed by atoms with van der Waals surface area (Å²) in [6, 6.07) is 6.13. The number of nitrogens with zero attached hydrogens (tertiary/aromatic N) is 1. The molecule has 0 saturated heterocycles. The Hall–Kier alpha value is -1.66. The lowest BCUT2D eigenvalue weighted by Gasteiger charge is -2.18. The zero-order chi connectivity index (χ0) is 12.0. The molecule has 0 spiro atoms. The first-order chi connectivity index (χ1) is 7.63. The van der Waals surface area contributed by atoms with E-state index in [0.29, 0.717) is 12.2 Å². The van der Waals surface area contributed by atoms with E-state index in [9.17, 15) is 9.18 Å². The average molecular weight is 227 g/mol. The number of halogens is 1. The van der Waals surface area contributed by atoms with E-state index < -0.39 is 5.97 Å². The number of anilines is 1. The van der Waals surface area contributed by atoms with E-state index in [2.05, 4.69) is 4.84 Å². The molecule has 3 N–H and O–H groups in total. The third-order valence-electron chi connectivity index (χ3n) is 2.07. The van der Waals surface area contributed by atoms with Gasteiger partial charge in [0.05, 0.1) is 6.42 Å². The van der Waals surface area contributed by atoms with Gasteiger partial charge in [-0.25, -0.2) is 10.2 Å². The van der Waals surface area contributed by atoms with E-state index in [1.807, 2.05) is 5.59 Å². The van der Waals surface area contributed by atoms with Crippen molar-refractivity contribution in [3.05, 3.63) is 30.1 Å². The summed E-state index contributed by atoms with van der Waals surface area (Å²) in [4.78, 5) is 17.1. The molecular weight excluding hydrogens is 213 g/mol. The molecule has 0 fully saturated rings. The zero-order valence-corrected chi connectivity index (χ0v) is 8.94. The predicted octanol–water partition coefficient (Wildman–Crippen LogP) is 0.574. The van der Waals surface area contributed by atoms with Gasteiger partial charge < -0.3 is 9.74 Å². The maximum Gasteiger partial charge on any atom is 0.328 e. The Morgan fingerprint density at radius 3 is 3.00 bits per heavy atom. The highest BCUT2D eigenvalue weighted by Gasteiger charge is 2.06. The molecule has 1 rings (SSSR count). The molecular formula is C10H14FN3O2. The fraction of sp³-hybridized carbons (Fsp3) is 0.300. The number of hydrazine groups is 1. The van der Waals surface area contributed by atoms with Crippen molar-refractivity contribution in [3.63, 3.8) is 0 Å². The maximum absolute atomic E-state index is 12.9. The van der Waals surface area contributed by atoms with Crippen molar-refractivity contribution in [1.29, 1.82) is 0 Å². The second-order valence-corrected chi connectivity index (χ2v) is 3.24. The van der Waals surface area contributed by atoms with Gasteiger partial charge >= 0.3 is 5.97 Å². The lowest BCUT2D eigenvalue weighted by molar-refractivity contribution is -0.150. The molecule has 0 atom stereocenters. The minimum atomic E-state index is -0.467. The number of rotatable bonds is 5. The molecule has 6 heteroatoms. The van der Waals surface area contributed by atoms with E-state index in [1.165, 1.54) is 12.1 Å². The third kappa shape index (κ3) is 3.84. The first-order valence-electron chi connectivity index (χ1n) is 4.75. The largest absolute Gasteiger partial charge is 0.374 e. The van der Waals surface area contributed by atoms with Gasteiger partial charge in [-0.05, 0) is 18.2 Å². The average Bonchev–Trinajstić information content (AvgIpc) is 2.26. The van der Waals surface area contributed by atoms with Crippen LogP contribution in [-0.4, -0.2) is 19.6 Å². The SMILES string of the molecule is CN(CCC(=O)ONN)c1cccc(F)c1. The maximum atomic E-state index is 12.9. The number of carbonyl (C=O) groups is 1. The Labute approximate surface area is 92.9 Å². The highest BCUT2D eigenvalue weighted by Crippen LogP contribution is 2.13. The molecule has 0 aliphatic rings. The molecule has 0 bridgehead atoms. The van der Waals surface area contributed by atoms with E-state index >= 15 is 0 Å². The van der Waals surface area contributed by atoms with Crippen LogP contribution >= 0.6 is 0 Å². The van der Waals surface area contributed by atoms with Crippen molar-refractivity contribution in [2.75, 3.05) is 18.5 Å². The number of hydrogen-bond donors (Lipinski definition) is 2. The Bertz CT molecular complexity index is 360. The first-order valence-corrected chi connectivity index (χ1v) is 4.75. The minimum Gasteiger partial charge on any atom is -0.374 e. The van der Waals surface area contributed by atoms with Crippen molar-refractivity contribution < 1.29 is 14.0 Å². The van der Waals surface area contributed by atoms with Gasteiger partial charge in [0.15, 0.2) is 0 Å². The van der Waals surface area contributed by atoms with E-state index in [1.54, 1.807) is 24.1 Å². The van der Waals surface area contributed by atoms with Crippen LogP contribution in [0, 0.1) is 5.82 Å². The highest BCUT2D eigenvalue weighted by molar-refractivity contribution is 5.69. The van der Waals surface area contributed by atoms with Crippen LogP contribution in [0.5, 0.6) is 0 Å². The van der Waals surface area contributed by atoms with Crippen LogP contribution < -0.4 is 16.3 Å². The van der Waals surface area contributed by atoms with E-state index in [0.717, 1.165) is 0 Å². The quantitative estimate of drug-likeness (QED) is 0.568. The second kappa shape index (κ2) is 6.04. The predicted molar refractivity (Wildman–Crippen MR) is 57.7 cm³/mol. The van der Waals surface area contributed by atoms with Crippen LogP contribution in [0.1, 0.15) is 6.42 Å². The number of hydrogen-bond acceptors (Lipinski definition) is 5. The molecule has 88 valence electrons. The number of benzene rings is 1. The van der Waals surface area contributed by atoms with Crippen molar-refractivity contribution in [2.24, 2.45) is 5.84 Å². The summed E-state index contributed by atoms with van der Waals surface area (Å²) in [5.74, 6) is 4.03. The molecule has 5 nitrogen and oxygen atoms in total. The van der Waals surface area contributed by atoms with Crippen molar-refractivity contribution in [1.82, 2.24) is 5.59 Å². The Kier molecular flexibility index (Phi) is 4.68. The Morgan fingerprint density at radius 2 is 2.38 bits per heavy atom. The molecule has 16 heavy (non-hydrogen) atoms. The number of carbonyl (C=O) groups excluding carboxylic acids is 1. The van der Waals surface area contributed by atoms with Crippen LogP contribution in [0.2, 0.25) is 0 Å². The number of nitrogens with two attached hydrogens (primary N) is 1. The van der Waals surface area contributed by atoms with Gasteiger partial charge in [-0.2, -0.15) is 0 Å². The third-order valence-corrected chi connectivity index (χ3v) is 2.07. The lowest BCUT2D eigenvalue weighted by atomic mass is 10.3.